The smallest absolute Gasteiger partial charge is 0.356 e. The van der Waals surface area contributed by atoms with Crippen LogP contribution >= 0.6 is 24.8 Å². The molecule has 0 aliphatic heterocycles. The third-order valence-corrected chi connectivity index (χ3v) is 5.25. The minimum absolute atomic E-state index is 0. The van der Waals surface area contributed by atoms with Gasteiger partial charge in [0.15, 0.2) is 0 Å². The summed E-state index contributed by atoms with van der Waals surface area (Å²) in [6, 6.07) is 12.2. The third-order valence-electron chi connectivity index (χ3n) is 5.25. The van der Waals surface area contributed by atoms with Crippen molar-refractivity contribution < 1.29 is 9.53 Å². The van der Waals surface area contributed by atoms with Gasteiger partial charge in [0.1, 0.15) is 5.69 Å². The Labute approximate surface area is 200 Å². The Morgan fingerprint density at radius 2 is 1.97 bits per heavy atom. The van der Waals surface area contributed by atoms with Gasteiger partial charge in [0.25, 0.3) is 0 Å². The number of aromatic nitrogens is 3. The summed E-state index contributed by atoms with van der Waals surface area (Å²) in [5.41, 5.74) is 12.2. The lowest BCUT2D eigenvalue weighted by Crippen LogP contribution is -2.17. The van der Waals surface area contributed by atoms with E-state index < -0.39 is 0 Å². The fourth-order valence-electron chi connectivity index (χ4n) is 3.80. The normalized spacial score (nSPS) is 11.8. The zero-order valence-electron chi connectivity index (χ0n) is 18.0. The van der Waals surface area contributed by atoms with Crippen LogP contribution < -0.4 is 5.73 Å². The molecule has 0 unspecified atom stereocenters. The lowest BCUT2D eigenvalue weighted by molar-refractivity contribution is 0.0510. The van der Waals surface area contributed by atoms with Crippen LogP contribution in [-0.2, 0) is 24.1 Å². The van der Waals surface area contributed by atoms with Crippen molar-refractivity contribution in [3.8, 4) is 11.3 Å². The van der Waals surface area contributed by atoms with Crippen molar-refractivity contribution in [3.05, 3.63) is 70.7 Å². The Morgan fingerprint density at radius 3 is 2.69 bits per heavy atom. The van der Waals surface area contributed by atoms with E-state index >= 15 is 0 Å². The number of ether oxygens (including phenoxy) is 1. The molecule has 0 bridgehead atoms. The monoisotopic (exact) mass is 474 g/mol. The van der Waals surface area contributed by atoms with E-state index in [1.807, 2.05) is 43.5 Å². The predicted octanol–water partition coefficient (Wildman–Crippen LogP) is 4.58. The zero-order valence-corrected chi connectivity index (χ0v) is 19.6. The van der Waals surface area contributed by atoms with Gasteiger partial charge in [-0.1, -0.05) is 36.4 Å². The first-order chi connectivity index (χ1) is 14.7. The first-order valence-corrected chi connectivity index (χ1v) is 10.4. The van der Waals surface area contributed by atoms with Gasteiger partial charge in [-0.05, 0) is 56.0 Å². The number of benzene rings is 1. The molecule has 1 aliphatic rings. The van der Waals surface area contributed by atoms with Gasteiger partial charge in [-0.3, -0.25) is 9.67 Å². The molecule has 0 atom stereocenters. The minimum Gasteiger partial charge on any atom is -0.461 e. The van der Waals surface area contributed by atoms with Gasteiger partial charge in [-0.15, -0.1) is 24.8 Å². The fourth-order valence-corrected chi connectivity index (χ4v) is 3.80. The molecule has 32 heavy (non-hydrogen) atoms. The number of halogens is 2. The third kappa shape index (κ3) is 5.38. The molecule has 0 saturated carbocycles. The molecular weight excluding hydrogens is 447 g/mol. The number of aryl methyl sites for hydroxylation is 2. The van der Waals surface area contributed by atoms with Crippen LogP contribution in [0.5, 0.6) is 0 Å². The fraction of sp³-hybridized carbons (Fsp3) is 0.292. The van der Waals surface area contributed by atoms with Gasteiger partial charge in [0, 0.05) is 23.9 Å². The highest BCUT2D eigenvalue weighted by atomic mass is 35.5. The second-order valence-electron chi connectivity index (χ2n) is 7.27. The molecule has 170 valence electrons. The van der Waals surface area contributed by atoms with Crippen molar-refractivity contribution in [3.63, 3.8) is 0 Å². The maximum absolute atomic E-state index is 12.7. The maximum atomic E-state index is 12.7. The Kier molecular flexibility index (Phi) is 9.44. The van der Waals surface area contributed by atoms with Crippen LogP contribution in [-0.4, -0.2) is 33.9 Å². The van der Waals surface area contributed by atoms with E-state index in [2.05, 4.69) is 23.2 Å². The Bertz CT molecular complexity index is 1080. The molecule has 0 radical (unpaired) electrons. The average molecular weight is 475 g/mol. The molecule has 8 heteroatoms. The minimum atomic E-state index is -0.315. The van der Waals surface area contributed by atoms with E-state index in [1.54, 1.807) is 4.68 Å². The number of hydrogen-bond acceptors (Lipinski definition) is 5. The van der Waals surface area contributed by atoms with Crippen molar-refractivity contribution in [1.29, 1.82) is 0 Å². The van der Waals surface area contributed by atoms with E-state index in [4.69, 9.17) is 15.6 Å². The van der Waals surface area contributed by atoms with E-state index in [-0.39, 0.29) is 30.8 Å². The molecule has 3 aromatic rings. The van der Waals surface area contributed by atoms with Crippen molar-refractivity contribution in [2.45, 2.75) is 32.7 Å². The number of nitrogens with zero attached hydrogens (tertiary/aromatic N) is 3. The van der Waals surface area contributed by atoms with Crippen LogP contribution in [0.3, 0.4) is 0 Å². The van der Waals surface area contributed by atoms with Crippen LogP contribution in [0.2, 0.25) is 0 Å². The van der Waals surface area contributed by atoms with Crippen molar-refractivity contribution in [2.75, 3.05) is 13.2 Å². The number of esters is 1. The molecule has 1 aromatic carbocycles. The first kappa shape index (κ1) is 25.6. The predicted molar refractivity (Wildman–Crippen MR) is 132 cm³/mol. The van der Waals surface area contributed by atoms with E-state index in [0.717, 1.165) is 52.9 Å². The highest BCUT2D eigenvalue weighted by Crippen LogP contribution is 2.35. The summed E-state index contributed by atoms with van der Waals surface area (Å²) < 4.78 is 7.09. The molecule has 0 fully saturated rings. The summed E-state index contributed by atoms with van der Waals surface area (Å²) in [7, 11) is 0. The summed E-state index contributed by atoms with van der Waals surface area (Å²) in [6.45, 7) is 3.29. The van der Waals surface area contributed by atoms with Crippen LogP contribution in [0.4, 0.5) is 0 Å². The lowest BCUT2D eigenvalue weighted by atomic mass is 9.89. The van der Waals surface area contributed by atoms with Gasteiger partial charge in [-0.25, -0.2) is 4.79 Å². The summed E-state index contributed by atoms with van der Waals surface area (Å²) in [6.07, 6.45) is 8.30. The van der Waals surface area contributed by atoms with E-state index in [0.29, 0.717) is 25.4 Å². The number of rotatable bonds is 7. The largest absolute Gasteiger partial charge is 0.461 e. The molecule has 6 nitrogen and oxygen atoms in total. The topological polar surface area (TPSA) is 83.0 Å². The number of carbonyl (C=O) groups excluding carboxylic acids is 1. The Balaban J connectivity index is 0.00000181. The van der Waals surface area contributed by atoms with Gasteiger partial charge >= 0.3 is 5.97 Å². The molecule has 1 aliphatic carbocycles. The molecule has 2 aromatic heterocycles. The number of nitrogens with two attached hydrogens (primary N) is 1. The van der Waals surface area contributed by atoms with Gasteiger partial charge in [0.2, 0.25) is 0 Å². The molecule has 0 spiro atoms. The zero-order chi connectivity index (χ0) is 20.9. The van der Waals surface area contributed by atoms with Crippen molar-refractivity contribution in [1.82, 2.24) is 14.8 Å². The van der Waals surface area contributed by atoms with E-state index in [9.17, 15) is 4.79 Å². The van der Waals surface area contributed by atoms with Gasteiger partial charge in [-0.2, -0.15) is 5.10 Å². The molecule has 0 saturated heterocycles. The van der Waals surface area contributed by atoms with Crippen LogP contribution in [0.1, 0.15) is 46.2 Å². The van der Waals surface area contributed by atoms with E-state index in [1.165, 1.54) is 0 Å². The van der Waals surface area contributed by atoms with Crippen molar-refractivity contribution in [2.24, 2.45) is 5.73 Å². The van der Waals surface area contributed by atoms with Gasteiger partial charge in [0.05, 0.1) is 18.0 Å². The molecule has 4 rings (SSSR count). The second kappa shape index (κ2) is 11.8. The molecule has 2 heterocycles. The van der Waals surface area contributed by atoms with Crippen LogP contribution in [0.25, 0.3) is 23.4 Å². The number of pyridine rings is 1. The highest BCUT2D eigenvalue weighted by Gasteiger charge is 2.29. The average Bonchev–Trinajstić information content (AvgIpc) is 3.16. The molecule has 0 amide bonds. The maximum Gasteiger partial charge on any atom is 0.356 e. The lowest BCUT2D eigenvalue weighted by Gasteiger charge is -2.16. The number of hydrogen-bond donors (Lipinski definition) is 1. The number of fused-ring (bicyclic) bond motifs is 3. The quantitative estimate of drug-likeness (QED) is 0.506. The SMILES string of the molecule is CCOC(=O)c1c2c(nn1CCCN)-c1cc(/C=C/c3ccccc3)ncc1CC2.Cl.Cl. The van der Waals surface area contributed by atoms with Crippen molar-refractivity contribution >= 4 is 42.9 Å². The molecule has 2 N–H and O–H groups in total. The number of carbonyl (C=O) groups is 1. The summed E-state index contributed by atoms with van der Waals surface area (Å²) in [4.78, 5) is 17.3. The Morgan fingerprint density at radius 1 is 1.19 bits per heavy atom. The summed E-state index contributed by atoms with van der Waals surface area (Å²) in [5.74, 6) is -0.315. The highest BCUT2D eigenvalue weighted by molar-refractivity contribution is 5.92. The summed E-state index contributed by atoms with van der Waals surface area (Å²) in [5, 5.41) is 4.80. The second-order valence-corrected chi connectivity index (χ2v) is 7.27. The van der Waals surface area contributed by atoms with Crippen LogP contribution in [0.15, 0.2) is 42.6 Å². The Hall–Kier alpha value is -2.67. The summed E-state index contributed by atoms with van der Waals surface area (Å²) >= 11 is 0. The molecular formula is C24H28Cl2N4O2. The van der Waals surface area contributed by atoms with Crippen LogP contribution in [0, 0.1) is 0 Å². The first-order valence-electron chi connectivity index (χ1n) is 10.4. The standard InChI is InChI=1S/C24H26N4O2.2ClH/c1-2-30-24(29)23-20-12-10-18-16-26-19(11-9-17-7-4-3-5-8-17)15-21(18)22(20)27-28(23)14-6-13-25;;/h3-5,7-9,11,15-16H,2,6,10,12-14,25H2,1H3;2*1H/b11-9+;;. The van der Waals surface area contributed by atoms with Gasteiger partial charge < -0.3 is 10.5 Å².